The first-order valence-corrected chi connectivity index (χ1v) is 5.60. The third-order valence-corrected chi connectivity index (χ3v) is 2.69. The van der Waals surface area contributed by atoms with Crippen molar-refractivity contribution in [2.75, 3.05) is 13.7 Å². The van der Waals surface area contributed by atoms with E-state index in [-0.39, 0.29) is 5.15 Å². The molecule has 0 aliphatic heterocycles. The zero-order valence-corrected chi connectivity index (χ0v) is 10.5. The van der Waals surface area contributed by atoms with Crippen LogP contribution in [0.25, 0.3) is 11.2 Å². The summed E-state index contributed by atoms with van der Waals surface area (Å²) in [6, 6.07) is 3.26. The topological polar surface area (TPSA) is 57.0 Å². The highest BCUT2D eigenvalue weighted by molar-refractivity contribution is 6.30. The second-order valence-electron chi connectivity index (χ2n) is 3.33. The molecule has 0 bridgehead atoms. The minimum Gasteiger partial charge on any atom is -0.383 e. The van der Waals surface area contributed by atoms with E-state index in [1.807, 2.05) is 0 Å². The highest BCUT2D eigenvalue weighted by atomic mass is 35.5. The van der Waals surface area contributed by atoms with Crippen LogP contribution in [-0.4, -0.2) is 28.3 Å². The Morgan fingerprint density at radius 1 is 1.35 bits per heavy atom. The molecule has 2 rings (SSSR count). The van der Waals surface area contributed by atoms with Crippen LogP contribution in [0.2, 0.25) is 10.3 Å². The van der Waals surface area contributed by atoms with Gasteiger partial charge in [-0.1, -0.05) is 23.2 Å². The average Bonchev–Trinajstić information content (AvgIpc) is 2.31. The third-order valence-electron chi connectivity index (χ3n) is 2.24. The smallest absolute Gasteiger partial charge is 0.289 e. The maximum Gasteiger partial charge on any atom is 0.289 e. The number of pyridine rings is 1. The van der Waals surface area contributed by atoms with Gasteiger partial charge in [0.1, 0.15) is 10.7 Å². The summed E-state index contributed by atoms with van der Waals surface area (Å²) in [7, 11) is 1.55. The van der Waals surface area contributed by atoms with Gasteiger partial charge in [-0.05, 0) is 12.1 Å². The molecule has 2 aromatic heterocycles. The molecule has 0 fully saturated rings. The molecule has 7 heteroatoms. The maximum absolute atomic E-state index is 11.8. The molecule has 2 aromatic rings. The zero-order valence-electron chi connectivity index (χ0n) is 8.98. The molecule has 0 atom stereocenters. The normalized spacial score (nSPS) is 11.0. The predicted octanol–water partition coefficient (Wildman–Crippen LogP) is 1.74. The Kier molecular flexibility index (Phi) is 3.61. The quantitative estimate of drug-likeness (QED) is 0.800. The van der Waals surface area contributed by atoms with E-state index in [0.29, 0.717) is 29.5 Å². The van der Waals surface area contributed by atoms with Gasteiger partial charge >= 0.3 is 0 Å². The molecule has 0 aliphatic rings. The molecule has 0 unspecified atom stereocenters. The Morgan fingerprint density at radius 3 is 2.82 bits per heavy atom. The molecular weight excluding hydrogens is 265 g/mol. The van der Waals surface area contributed by atoms with Crippen molar-refractivity contribution < 1.29 is 4.74 Å². The van der Waals surface area contributed by atoms with E-state index < -0.39 is 5.56 Å². The van der Waals surface area contributed by atoms with Crippen LogP contribution in [-0.2, 0) is 11.3 Å². The van der Waals surface area contributed by atoms with E-state index in [4.69, 9.17) is 27.9 Å². The lowest BCUT2D eigenvalue weighted by molar-refractivity contribution is 0.187. The van der Waals surface area contributed by atoms with Gasteiger partial charge in [0.05, 0.1) is 13.2 Å². The molecule has 0 spiro atoms. The van der Waals surface area contributed by atoms with Gasteiger partial charge in [-0.3, -0.25) is 9.36 Å². The number of hydrogen-bond donors (Lipinski definition) is 0. The Labute approximate surface area is 107 Å². The van der Waals surface area contributed by atoms with Crippen LogP contribution in [0, 0.1) is 0 Å². The van der Waals surface area contributed by atoms with E-state index in [1.54, 1.807) is 19.2 Å². The summed E-state index contributed by atoms with van der Waals surface area (Å²) in [6.07, 6.45) is 0. The molecule has 0 saturated heterocycles. The molecule has 0 aromatic carbocycles. The number of methoxy groups -OCH3 is 1. The summed E-state index contributed by atoms with van der Waals surface area (Å²) in [5.74, 6) is 0. The van der Waals surface area contributed by atoms with Crippen LogP contribution in [0.1, 0.15) is 0 Å². The molecule has 0 N–H and O–H groups in total. The van der Waals surface area contributed by atoms with Crippen molar-refractivity contribution in [1.82, 2.24) is 14.5 Å². The Balaban J connectivity index is 2.71. The lowest BCUT2D eigenvalue weighted by Gasteiger charge is -2.08. The van der Waals surface area contributed by atoms with Crippen molar-refractivity contribution >= 4 is 34.4 Å². The lowest BCUT2D eigenvalue weighted by atomic mass is 10.4. The summed E-state index contributed by atoms with van der Waals surface area (Å²) in [4.78, 5) is 19.9. The van der Waals surface area contributed by atoms with Crippen LogP contribution < -0.4 is 5.56 Å². The number of aromatic nitrogens is 3. The standard InChI is InChI=1S/C10H9Cl2N3O2/c1-17-5-4-15-9-6(2-3-7(11)14-9)13-8(12)10(15)16/h2-3H,4-5H2,1H3. The Morgan fingerprint density at radius 2 is 2.12 bits per heavy atom. The first kappa shape index (κ1) is 12.3. The van der Waals surface area contributed by atoms with E-state index in [9.17, 15) is 4.79 Å². The fourth-order valence-corrected chi connectivity index (χ4v) is 1.79. The fraction of sp³-hybridized carbons (Fsp3) is 0.300. The van der Waals surface area contributed by atoms with Crippen molar-refractivity contribution in [3.8, 4) is 0 Å². The summed E-state index contributed by atoms with van der Waals surface area (Å²) in [5.41, 5.74) is 0.532. The first-order chi connectivity index (χ1) is 8.13. The van der Waals surface area contributed by atoms with Gasteiger partial charge < -0.3 is 4.74 Å². The van der Waals surface area contributed by atoms with E-state index in [1.165, 1.54) is 4.57 Å². The minimum absolute atomic E-state index is 0.0854. The molecule has 5 nitrogen and oxygen atoms in total. The van der Waals surface area contributed by atoms with Crippen molar-refractivity contribution in [3.63, 3.8) is 0 Å². The zero-order chi connectivity index (χ0) is 12.4. The van der Waals surface area contributed by atoms with Crippen molar-refractivity contribution in [2.45, 2.75) is 6.54 Å². The van der Waals surface area contributed by atoms with Gasteiger partial charge in [-0.25, -0.2) is 9.97 Å². The van der Waals surface area contributed by atoms with Gasteiger partial charge in [0, 0.05) is 7.11 Å². The van der Waals surface area contributed by atoms with Gasteiger partial charge in [-0.15, -0.1) is 0 Å². The summed E-state index contributed by atoms with van der Waals surface area (Å²) in [6.45, 7) is 0.727. The van der Waals surface area contributed by atoms with Gasteiger partial charge in [0.2, 0.25) is 0 Å². The van der Waals surface area contributed by atoms with E-state index >= 15 is 0 Å². The first-order valence-electron chi connectivity index (χ1n) is 4.85. The number of hydrogen-bond acceptors (Lipinski definition) is 4. The Bertz CT molecular complexity index is 612. The number of halogens is 2. The van der Waals surface area contributed by atoms with Gasteiger partial charge in [-0.2, -0.15) is 0 Å². The van der Waals surface area contributed by atoms with Gasteiger partial charge in [0.15, 0.2) is 10.8 Å². The third kappa shape index (κ3) is 2.41. The van der Waals surface area contributed by atoms with Crippen LogP contribution in [0.3, 0.4) is 0 Å². The van der Waals surface area contributed by atoms with E-state index in [2.05, 4.69) is 9.97 Å². The molecule has 0 radical (unpaired) electrons. The van der Waals surface area contributed by atoms with Crippen LogP contribution in [0.5, 0.6) is 0 Å². The molecule has 0 saturated carbocycles. The Hall–Kier alpha value is -1.17. The number of fused-ring (bicyclic) bond motifs is 1. The van der Waals surface area contributed by atoms with Crippen molar-refractivity contribution in [2.24, 2.45) is 0 Å². The van der Waals surface area contributed by atoms with Crippen LogP contribution in [0.15, 0.2) is 16.9 Å². The number of rotatable bonds is 3. The summed E-state index contributed by atoms with van der Waals surface area (Å²) in [5, 5.41) is 0.213. The van der Waals surface area contributed by atoms with Crippen LogP contribution >= 0.6 is 23.2 Å². The molecule has 0 amide bonds. The number of ether oxygens (including phenoxy) is 1. The average molecular weight is 274 g/mol. The van der Waals surface area contributed by atoms with Crippen molar-refractivity contribution in [3.05, 3.63) is 32.8 Å². The molecule has 17 heavy (non-hydrogen) atoms. The summed E-state index contributed by atoms with van der Waals surface area (Å²) < 4.78 is 6.34. The van der Waals surface area contributed by atoms with E-state index in [0.717, 1.165) is 0 Å². The SMILES string of the molecule is COCCn1c(=O)c(Cl)nc2ccc(Cl)nc21. The number of nitrogens with zero attached hydrogens (tertiary/aromatic N) is 3. The minimum atomic E-state index is -0.397. The monoisotopic (exact) mass is 273 g/mol. The lowest BCUT2D eigenvalue weighted by Crippen LogP contribution is -2.24. The van der Waals surface area contributed by atoms with Crippen molar-refractivity contribution in [1.29, 1.82) is 0 Å². The second-order valence-corrected chi connectivity index (χ2v) is 4.07. The largest absolute Gasteiger partial charge is 0.383 e. The summed E-state index contributed by atoms with van der Waals surface area (Å²) >= 11 is 11.6. The maximum atomic E-state index is 11.8. The van der Waals surface area contributed by atoms with Crippen LogP contribution in [0.4, 0.5) is 0 Å². The second kappa shape index (κ2) is 5.00. The highest BCUT2D eigenvalue weighted by Crippen LogP contribution is 2.13. The molecule has 90 valence electrons. The predicted molar refractivity (Wildman–Crippen MR) is 65.7 cm³/mol. The van der Waals surface area contributed by atoms with Gasteiger partial charge in [0.25, 0.3) is 5.56 Å². The molecule has 2 heterocycles. The highest BCUT2D eigenvalue weighted by Gasteiger charge is 2.10. The fourth-order valence-electron chi connectivity index (χ4n) is 1.45. The molecular formula is C10H9Cl2N3O2. The molecule has 0 aliphatic carbocycles.